The second kappa shape index (κ2) is 6.41. The number of benzene rings is 1. The van der Waals surface area contributed by atoms with Crippen LogP contribution in [0.15, 0.2) is 30.6 Å². The van der Waals surface area contributed by atoms with Crippen LogP contribution < -0.4 is 5.32 Å². The van der Waals surface area contributed by atoms with E-state index in [1.165, 1.54) is 16.9 Å². The highest BCUT2D eigenvalue weighted by Crippen LogP contribution is 2.38. The molecule has 1 aromatic heterocycles. The molecule has 1 amide bonds. The zero-order valence-corrected chi connectivity index (χ0v) is 12.2. The predicted octanol–water partition coefficient (Wildman–Crippen LogP) is 1.18. The first-order valence-electron chi connectivity index (χ1n) is 7.29. The molecule has 122 valence electrons. The monoisotopic (exact) mass is 322 g/mol. The number of hydrogen-bond acceptors (Lipinski definition) is 4. The normalized spacial score (nSPS) is 21.5. The molecule has 1 fully saturated rings. The van der Waals surface area contributed by atoms with Crippen LogP contribution in [0.3, 0.4) is 0 Å². The average molecular weight is 322 g/mol. The lowest BCUT2D eigenvalue weighted by Crippen LogP contribution is -2.42. The van der Waals surface area contributed by atoms with Crippen molar-refractivity contribution in [3.63, 3.8) is 0 Å². The van der Waals surface area contributed by atoms with Crippen molar-refractivity contribution in [2.45, 2.75) is 31.5 Å². The van der Waals surface area contributed by atoms with Gasteiger partial charge in [0.2, 0.25) is 5.91 Å². The minimum absolute atomic E-state index is 0.0470. The lowest BCUT2D eigenvalue weighted by molar-refractivity contribution is -0.123. The number of nitrogens with one attached hydrogen (secondary N) is 1. The molecule has 1 aliphatic carbocycles. The molecule has 1 atom stereocenters. The van der Waals surface area contributed by atoms with Gasteiger partial charge >= 0.3 is 0 Å². The second-order valence-electron chi connectivity index (χ2n) is 5.70. The van der Waals surface area contributed by atoms with Crippen LogP contribution in [0.25, 0.3) is 0 Å². The molecule has 2 N–H and O–H groups in total. The quantitative estimate of drug-likeness (QED) is 0.866. The summed E-state index contributed by atoms with van der Waals surface area (Å²) in [6.45, 7) is -0.0470. The zero-order chi connectivity index (χ0) is 16.4. The number of carbonyl (C=O) groups is 1. The fourth-order valence-electron chi connectivity index (χ4n) is 2.79. The lowest BCUT2D eigenvalue weighted by Gasteiger charge is -2.38. The highest BCUT2D eigenvalue weighted by molar-refractivity contribution is 5.76. The largest absolute Gasteiger partial charge is 0.393 e. The summed E-state index contributed by atoms with van der Waals surface area (Å²) in [6, 6.07) is 2.66. The summed E-state index contributed by atoms with van der Waals surface area (Å²) in [6.07, 6.45) is 3.47. The molecule has 2 aromatic rings. The molecule has 8 heteroatoms. The van der Waals surface area contributed by atoms with Gasteiger partial charge in [-0.2, -0.15) is 0 Å². The number of aliphatic hydroxyl groups is 1. The Morgan fingerprint density at radius 2 is 2.22 bits per heavy atom. The van der Waals surface area contributed by atoms with E-state index in [1.807, 2.05) is 0 Å². The summed E-state index contributed by atoms with van der Waals surface area (Å²) in [5.41, 5.74) is 0.218. The SMILES string of the molecule is O=C(Cn1ccnn1)N[C@@H](c1ccc(F)cc1F)C1CC(O)C1. The zero-order valence-electron chi connectivity index (χ0n) is 12.2. The Kier molecular flexibility index (Phi) is 4.33. The van der Waals surface area contributed by atoms with E-state index in [0.717, 1.165) is 12.1 Å². The Bertz CT molecular complexity index is 687. The number of aromatic nitrogens is 3. The third-order valence-corrected chi connectivity index (χ3v) is 4.01. The van der Waals surface area contributed by atoms with Gasteiger partial charge in [-0.15, -0.1) is 5.10 Å². The van der Waals surface area contributed by atoms with Gasteiger partial charge in [-0.3, -0.25) is 4.79 Å². The minimum Gasteiger partial charge on any atom is -0.393 e. The molecular weight excluding hydrogens is 306 g/mol. The van der Waals surface area contributed by atoms with E-state index in [4.69, 9.17) is 0 Å². The maximum Gasteiger partial charge on any atom is 0.242 e. The highest BCUT2D eigenvalue weighted by atomic mass is 19.1. The number of carbonyl (C=O) groups excluding carboxylic acids is 1. The van der Waals surface area contributed by atoms with Crippen molar-refractivity contribution in [3.8, 4) is 0 Å². The number of halogens is 2. The number of hydrogen-bond donors (Lipinski definition) is 2. The van der Waals surface area contributed by atoms with Crippen molar-refractivity contribution in [2.75, 3.05) is 0 Å². The van der Waals surface area contributed by atoms with Crippen LogP contribution in [0.4, 0.5) is 8.78 Å². The number of rotatable bonds is 5. The summed E-state index contributed by atoms with van der Waals surface area (Å²) in [7, 11) is 0. The van der Waals surface area contributed by atoms with E-state index in [2.05, 4.69) is 15.6 Å². The fraction of sp³-hybridized carbons (Fsp3) is 0.400. The molecule has 0 saturated heterocycles. The average Bonchev–Trinajstić information content (AvgIpc) is 2.95. The molecule has 23 heavy (non-hydrogen) atoms. The maximum atomic E-state index is 14.1. The number of amides is 1. The van der Waals surface area contributed by atoms with Crippen molar-refractivity contribution in [3.05, 3.63) is 47.8 Å². The smallest absolute Gasteiger partial charge is 0.242 e. The molecule has 0 aliphatic heterocycles. The Morgan fingerprint density at radius 1 is 1.43 bits per heavy atom. The molecule has 1 saturated carbocycles. The van der Waals surface area contributed by atoms with E-state index in [9.17, 15) is 18.7 Å². The summed E-state index contributed by atoms with van der Waals surface area (Å²) in [5.74, 6) is -1.83. The van der Waals surface area contributed by atoms with Gasteiger partial charge in [0.25, 0.3) is 0 Å². The molecule has 0 unspecified atom stereocenters. The van der Waals surface area contributed by atoms with Gasteiger partial charge in [0, 0.05) is 17.8 Å². The van der Waals surface area contributed by atoms with Crippen molar-refractivity contribution in [1.29, 1.82) is 0 Å². The third kappa shape index (κ3) is 3.53. The van der Waals surface area contributed by atoms with Gasteiger partial charge < -0.3 is 10.4 Å². The molecule has 1 aliphatic rings. The van der Waals surface area contributed by atoms with Gasteiger partial charge in [-0.25, -0.2) is 13.5 Å². The van der Waals surface area contributed by atoms with Crippen LogP contribution in [0.5, 0.6) is 0 Å². The topological polar surface area (TPSA) is 80.0 Å². The first-order valence-corrected chi connectivity index (χ1v) is 7.29. The van der Waals surface area contributed by atoms with E-state index in [-0.39, 0.29) is 23.9 Å². The first-order chi connectivity index (χ1) is 11.0. The van der Waals surface area contributed by atoms with Crippen molar-refractivity contribution >= 4 is 5.91 Å². The predicted molar refractivity (Wildman–Crippen MR) is 76.0 cm³/mol. The first kappa shape index (κ1) is 15.5. The molecule has 6 nitrogen and oxygen atoms in total. The Balaban J connectivity index is 1.77. The Labute approximate surface area is 131 Å². The molecule has 0 spiro atoms. The van der Waals surface area contributed by atoms with E-state index in [0.29, 0.717) is 12.8 Å². The summed E-state index contributed by atoms with van der Waals surface area (Å²) < 4.78 is 28.5. The standard InChI is InChI=1S/C15H16F2N4O2/c16-10-1-2-12(13(17)7-10)15(9-5-11(22)6-9)19-14(23)8-21-4-3-18-20-21/h1-4,7,9,11,15,22H,5-6,8H2,(H,19,23)/t9?,11?,15-/m1/s1. The Morgan fingerprint density at radius 3 is 2.83 bits per heavy atom. The second-order valence-corrected chi connectivity index (χ2v) is 5.70. The van der Waals surface area contributed by atoms with E-state index < -0.39 is 23.8 Å². The van der Waals surface area contributed by atoms with Gasteiger partial charge in [-0.05, 0) is 24.8 Å². The molecule has 0 radical (unpaired) electrons. The van der Waals surface area contributed by atoms with Crippen molar-refractivity contribution in [2.24, 2.45) is 5.92 Å². The Hall–Kier alpha value is -2.35. The lowest BCUT2D eigenvalue weighted by atomic mass is 9.75. The van der Waals surface area contributed by atoms with Crippen molar-refractivity contribution < 1.29 is 18.7 Å². The van der Waals surface area contributed by atoms with Crippen LogP contribution in [0, 0.1) is 17.6 Å². The van der Waals surface area contributed by atoms with Gasteiger partial charge in [-0.1, -0.05) is 11.3 Å². The molecule has 1 aromatic carbocycles. The van der Waals surface area contributed by atoms with Crippen LogP contribution in [0.1, 0.15) is 24.4 Å². The van der Waals surface area contributed by atoms with Gasteiger partial charge in [0.15, 0.2) is 0 Å². The summed E-state index contributed by atoms with van der Waals surface area (Å²) in [4.78, 5) is 12.1. The maximum absolute atomic E-state index is 14.1. The van der Waals surface area contributed by atoms with Crippen LogP contribution in [-0.4, -0.2) is 32.1 Å². The summed E-state index contributed by atoms with van der Waals surface area (Å²) >= 11 is 0. The van der Waals surface area contributed by atoms with Gasteiger partial charge in [0.05, 0.1) is 18.3 Å². The van der Waals surface area contributed by atoms with Crippen LogP contribution >= 0.6 is 0 Å². The number of aliphatic hydroxyl groups excluding tert-OH is 1. The van der Waals surface area contributed by atoms with Crippen LogP contribution in [0.2, 0.25) is 0 Å². The molecule has 0 bridgehead atoms. The van der Waals surface area contributed by atoms with Gasteiger partial charge in [0.1, 0.15) is 18.2 Å². The molecule has 3 rings (SSSR count). The number of nitrogens with zero attached hydrogens (tertiary/aromatic N) is 3. The fourth-order valence-corrected chi connectivity index (χ4v) is 2.79. The third-order valence-electron chi connectivity index (χ3n) is 4.01. The van der Waals surface area contributed by atoms with E-state index in [1.54, 1.807) is 6.20 Å². The van der Waals surface area contributed by atoms with Crippen LogP contribution in [-0.2, 0) is 11.3 Å². The molecular formula is C15H16F2N4O2. The highest BCUT2D eigenvalue weighted by Gasteiger charge is 2.36. The van der Waals surface area contributed by atoms with Crippen molar-refractivity contribution in [1.82, 2.24) is 20.3 Å². The minimum atomic E-state index is -0.711. The molecule has 1 heterocycles. The van der Waals surface area contributed by atoms with E-state index >= 15 is 0 Å². The summed E-state index contributed by atoms with van der Waals surface area (Å²) in [5, 5.41) is 19.5.